The molecule has 0 heterocycles. The van der Waals surface area contributed by atoms with Gasteiger partial charge in [0.1, 0.15) is 0 Å². The lowest BCUT2D eigenvalue weighted by molar-refractivity contribution is -0.323. The zero-order chi connectivity index (χ0) is 10.1. The molecule has 0 aliphatic rings. The van der Waals surface area contributed by atoms with Crippen molar-refractivity contribution < 1.29 is 25.2 Å². The fraction of sp³-hybridized carbons (Fsp3) is 0.125. The maximum atomic E-state index is 10.4. The Labute approximate surface area is 73.5 Å². The second-order valence-corrected chi connectivity index (χ2v) is 2.52. The molecule has 0 aliphatic carbocycles. The summed E-state index contributed by atoms with van der Waals surface area (Å²) in [4.78, 5) is 10.4. The average molecular weight is 184 g/mol. The lowest BCUT2D eigenvalue weighted by atomic mass is 10.1. The molecule has 1 aromatic carbocycles. The molecule has 1 aromatic rings. The molecule has 0 aliphatic heterocycles. The highest BCUT2D eigenvalue weighted by molar-refractivity contribution is 5.87. The molecular weight excluding hydrogens is 176 g/mol. The minimum Gasteiger partial charge on any atom is -0.478 e. The van der Waals surface area contributed by atoms with Gasteiger partial charge in [-0.3, -0.25) is 0 Å². The Bertz CT molecular complexity index is 326. The number of benzene rings is 1. The summed E-state index contributed by atoms with van der Waals surface area (Å²) in [6.07, 6.45) is 0. The fourth-order valence-corrected chi connectivity index (χ4v) is 0.861. The van der Waals surface area contributed by atoms with Crippen LogP contribution in [0.2, 0.25) is 0 Å². The molecular formula is C8H8O5. The highest BCUT2D eigenvalue weighted by Gasteiger charge is 2.22. The molecule has 0 radical (unpaired) electrons. The molecule has 13 heavy (non-hydrogen) atoms. The van der Waals surface area contributed by atoms with Gasteiger partial charge in [0.05, 0.1) is 5.56 Å². The number of rotatable bonds is 2. The molecule has 0 fully saturated rings. The van der Waals surface area contributed by atoms with Gasteiger partial charge in [0.2, 0.25) is 0 Å². The van der Waals surface area contributed by atoms with Crippen LogP contribution in [-0.4, -0.2) is 26.4 Å². The van der Waals surface area contributed by atoms with Gasteiger partial charge in [-0.05, 0) is 12.1 Å². The Kier molecular flexibility index (Phi) is 2.33. The fourth-order valence-electron chi connectivity index (χ4n) is 0.861. The molecule has 5 heteroatoms. The van der Waals surface area contributed by atoms with Gasteiger partial charge in [-0.1, -0.05) is 12.1 Å². The highest BCUT2D eigenvalue weighted by atomic mass is 16.7. The monoisotopic (exact) mass is 184 g/mol. The van der Waals surface area contributed by atoms with Gasteiger partial charge in [0, 0.05) is 5.56 Å². The van der Waals surface area contributed by atoms with Crippen LogP contribution in [0.1, 0.15) is 15.9 Å². The number of aliphatic hydroxyl groups is 3. The molecule has 70 valence electrons. The first-order valence-corrected chi connectivity index (χ1v) is 3.42. The second-order valence-electron chi connectivity index (χ2n) is 2.52. The SMILES string of the molecule is O=C(O)c1cccc(C(O)(O)O)c1. The third-order valence-corrected chi connectivity index (χ3v) is 1.50. The van der Waals surface area contributed by atoms with E-state index in [1.165, 1.54) is 18.2 Å². The molecule has 0 atom stereocenters. The van der Waals surface area contributed by atoms with Crippen molar-refractivity contribution >= 4 is 5.97 Å². The summed E-state index contributed by atoms with van der Waals surface area (Å²) >= 11 is 0. The Morgan fingerprint density at radius 2 is 1.85 bits per heavy atom. The van der Waals surface area contributed by atoms with E-state index in [2.05, 4.69) is 0 Å². The first-order valence-electron chi connectivity index (χ1n) is 3.42. The third kappa shape index (κ3) is 2.25. The summed E-state index contributed by atoms with van der Waals surface area (Å²) in [6.45, 7) is 0. The molecule has 4 N–H and O–H groups in total. The smallest absolute Gasteiger partial charge is 0.335 e. The van der Waals surface area contributed by atoms with Crippen molar-refractivity contribution in [3.05, 3.63) is 35.4 Å². The maximum Gasteiger partial charge on any atom is 0.335 e. The average Bonchev–Trinajstić information content (AvgIpc) is 2.03. The van der Waals surface area contributed by atoms with Crippen molar-refractivity contribution in [2.45, 2.75) is 5.97 Å². The molecule has 0 spiro atoms. The minimum absolute atomic E-state index is 0.126. The minimum atomic E-state index is -2.99. The number of carboxylic acids is 1. The third-order valence-electron chi connectivity index (χ3n) is 1.50. The van der Waals surface area contributed by atoms with E-state index in [-0.39, 0.29) is 11.1 Å². The van der Waals surface area contributed by atoms with Gasteiger partial charge in [0.25, 0.3) is 0 Å². The quantitative estimate of drug-likeness (QED) is 0.463. The molecule has 0 saturated carbocycles. The molecule has 0 aromatic heterocycles. The molecule has 0 amide bonds. The summed E-state index contributed by atoms with van der Waals surface area (Å²) in [5.41, 5.74) is -0.411. The zero-order valence-electron chi connectivity index (χ0n) is 6.51. The standard InChI is InChI=1S/C8H8O5/c9-7(10)5-2-1-3-6(4-5)8(11,12)13/h1-4,11-13H,(H,9,10). The largest absolute Gasteiger partial charge is 0.478 e. The van der Waals surface area contributed by atoms with Gasteiger partial charge in [0.15, 0.2) is 0 Å². The Balaban J connectivity index is 3.13. The van der Waals surface area contributed by atoms with Gasteiger partial charge in [-0.2, -0.15) is 0 Å². The van der Waals surface area contributed by atoms with Crippen molar-refractivity contribution in [1.82, 2.24) is 0 Å². The Morgan fingerprint density at radius 1 is 1.23 bits per heavy atom. The first-order chi connectivity index (χ1) is 5.91. The number of hydrogen-bond acceptors (Lipinski definition) is 4. The summed E-state index contributed by atoms with van der Waals surface area (Å²) in [5.74, 6) is -4.20. The zero-order valence-corrected chi connectivity index (χ0v) is 6.51. The van der Waals surface area contributed by atoms with Crippen LogP contribution in [0.25, 0.3) is 0 Å². The number of carboxylic acid groups (broad SMARTS) is 1. The van der Waals surface area contributed by atoms with Crippen molar-refractivity contribution in [2.75, 3.05) is 0 Å². The van der Waals surface area contributed by atoms with Crippen LogP contribution in [0.15, 0.2) is 24.3 Å². The van der Waals surface area contributed by atoms with Crippen LogP contribution in [0.3, 0.4) is 0 Å². The molecule has 0 unspecified atom stereocenters. The van der Waals surface area contributed by atoms with E-state index in [1.54, 1.807) is 0 Å². The van der Waals surface area contributed by atoms with Crippen LogP contribution in [-0.2, 0) is 5.97 Å². The number of aromatic carboxylic acids is 1. The predicted molar refractivity (Wildman–Crippen MR) is 41.7 cm³/mol. The summed E-state index contributed by atoms with van der Waals surface area (Å²) in [5, 5.41) is 34.7. The van der Waals surface area contributed by atoms with E-state index in [4.69, 9.17) is 20.4 Å². The van der Waals surface area contributed by atoms with E-state index in [0.29, 0.717) is 0 Å². The second kappa shape index (κ2) is 3.14. The summed E-state index contributed by atoms with van der Waals surface area (Å²) in [7, 11) is 0. The topological polar surface area (TPSA) is 98.0 Å². The van der Waals surface area contributed by atoms with Gasteiger partial charge in [-0.15, -0.1) is 0 Å². The van der Waals surface area contributed by atoms with Crippen LogP contribution < -0.4 is 0 Å². The van der Waals surface area contributed by atoms with Crippen LogP contribution in [0, 0.1) is 0 Å². The van der Waals surface area contributed by atoms with E-state index in [0.717, 1.165) is 6.07 Å². The highest BCUT2D eigenvalue weighted by Crippen LogP contribution is 2.15. The maximum absolute atomic E-state index is 10.4. The lowest BCUT2D eigenvalue weighted by Crippen LogP contribution is -2.24. The summed E-state index contributed by atoms with van der Waals surface area (Å²) in [6, 6.07) is 4.75. The molecule has 0 saturated heterocycles. The van der Waals surface area contributed by atoms with Gasteiger partial charge >= 0.3 is 11.9 Å². The molecule has 0 bridgehead atoms. The van der Waals surface area contributed by atoms with E-state index in [1.807, 2.05) is 0 Å². The van der Waals surface area contributed by atoms with Crippen LogP contribution in [0.4, 0.5) is 0 Å². The van der Waals surface area contributed by atoms with Crippen LogP contribution >= 0.6 is 0 Å². The van der Waals surface area contributed by atoms with Gasteiger partial charge < -0.3 is 20.4 Å². The lowest BCUT2D eigenvalue weighted by Gasteiger charge is -2.14. The van der Waals surface area contributed by atoms with Crippen molar-refractivity contribution in [2.24, 2.45) is 0 Å². The van der Waals surface area contributed by atoms with Crippen molar-refractivity contribution in [3.63, 3.8) is 0 Å². The normalized spacial score (nSPS) is 11.3. The van der Waals surface area contributed by atoms with E-state index >= 15 is 0 Å². The Hall–Kier alpha value is -1.43. The Morgan fingerprint density at radius 3 is 2.31 bits per heavy atom. The first kappa shape index (κ1) is 9.66. The molecule has 5 nitrogen and oxygen atoms in total. The van der Waals surface area contributed by atoms with Crippen LogP contribution in [0.5, 0.6) is 0 Å². The molecule has 1 rings (SSSR count). The number of hydrogen-bond donors (Lipinski definition) is 4. The number of carbonyl (C=O) groups is 1. The van der Waals surface area contributed by atoms with E-state index in [9.17, 15) is 4.79 Å². The van der Waals surface area contributed by atoms with Crippen molar-refractivity contribution in [1.29, 1.82) is 0 Å². The predicted octanol–water partition coefficient (Wildman–Crippen LogP) is -0.528. The van der Waals surface area contributed by atoms with E-state index < -0.39 is 11.9 Å². The van der Waals surface area contributed by atoms with Gasteiger partial charge in [-0.25, -0.2) is 4.79 Å². The van der Waals surface area contributed by atoms with Crippen molar-refractivity contribution in [3.8, 4) is 0 Å². The summed E-state index contributed by atoms with van der Waals surface area (Å²) < 4.78 is 0.